The van der Waals surface area contributed by atoms with Crippen LogP contribution >= 0.6 is 0 Å². The summed E-state index contributed by atoms with van der Waals surface area (Å²) in [7, 11) is 0. The number of benzene rings is 2. The van der Waals surface area contributed by atoms with Crippen LogP contribution in [-0.2, 0) is 10.8 Å². The lowest BCUT2D eigenvalue weighted by Crippen LogP contribution is -2.62. The fraction of sp³-hybridized carbons (Fsp3) is 0.478. The summed E-state index contributed by atoms with van der Waals surface area (Å²) in [6.07, 6.45) is 0.941. The number of fused-ring (bicyclic) bond motifs is 2. The molecule has 0 N–H and O–H groups in total. The molecule has 1 unspecified atom stereocenters. The molecule has 2 nitrogen and oxygen atoms in total. The van der Waals surface area contributed by atoms with E-state index < -0.39 is 0 Å². The van der Waals surface area contributed by atoms with Crippen LogP contribution in [0.2, 0.25) is 0 Å². The van der Waals surface area contributed by atoms with Gasteiger partial charge in [0.15, 0.2) is 5.60 Å². The molecule has 2 heteroatoms. The summed E-state index contributed by atoms with van der Waals surface area (Å²) in [6.45, 7) is 14.1. The van der Waals surface area contributed by atoms with Crippen LogP contribution < -0.4 is 9.47 Å². The maximum Gasteiger partial charge on any atom is 0.153 e. The number of hydrogen-bond donors (Lipinski definition) is 0. The average molecular weight is 336 g/mol. The van der Waals surface area contributed by atoms with Crippen molar-refractivity contribution in [3.63, 3.8) is 0 Å². The third-order valence-electron chi connectivity index (χ3n) is 6.31. The molecule has 0 bridgehead atoms. The summed E-state index contributed by atoms with van der Waals surface area (Å²) in [6, 6.07) is 13.1. The Morgan fingerprint density at radius 3 is 2.24 bits per heavy atom. The van der Waals surface area contributed by atoms with Crippen LogP contribution in [0.1, 0.15) is 56.4 Å². The smallest absolute Gasteiger partial charge is 0.153 e. The van der Waals surface area contributed by atoms with Gasteiger partial charge in [-0.1, -0.05) is 57.5 Å². The molecule has 1 spiro atoms. The molecule has 0 saturated carbocycles. The molecule has 2 heterocycles. The molecular weight excluding hydrogens is 308 g/mol. The van der Waals surface area contributed by atoms with E-state index in [0.717, 1.165) is 17.9 Å². The molecule has 0 aromatic heterocycles. The Labute approximate surface area is 151 Å². The van der Waals surface area contributed by atoms with Crippen molar-refractivity contribution in [3.8, 4) is 11.5 Å². The van der Waals surface area contributed by atoms with E-state index in [9.17, 15) is 0 Å². The van der Waals surface area contributed by atoms with Crippen molar-refractivity contribution in [3.05, 3.63) is 58.7 Å². The van der Waals surface area contributed by atoms with Gasteiger partial charge in [-0.2, -0.15) is 0 Å². The minimum Gasteiger partial charge on any atom is -0.489 e. The highest BCUT2D eigenvalue weighted by Gasteiger charge is 2.57. The maximum absolute atomic E-state index is 6.73. The fourth-order valence-corrected chi connectivity index (χ4v) is 4.63. The lowest BCUT2D eigenvalue weighted by molar-refractivity contribution is -0.0832. The van der Waals surface area contributed by atoms with E-state index in [4.69, 9.17) is 9.47 Å². The topological polar surface area (TPSA) is 18.5 Å². The molecule has 2 aromatic rings. The van der Waals surface area contributed by atoms with Crippen molar-refractivity contribution in [2.45, 2.75) is 64.4 Å². The Bertz CT molecular complexity index is 847. The van der Waals surface area contributed by atoms with E-state index in [1.54, 1.807) is 0 Å². The van der Waals surface area contributed by atoms with E-state index in [-0.39, 0.29) is 16.4 Å². The van der Waals surface area contributed by atoms with Crippen molar-refractivity contribution >= 4 is 0 Å². The van der Waals surface area contributed by atoms with Crippen LogP contribution in [0.5, 0.6) is 11.5 Å². The van der Waals surface area contributed by atoms with Gasteiger partial charge in [0, 0.05) is 23.0 Å². The Morgan fingerprint density at radius 1 is 0.800 bits per heavy atom. The third-order valence-corrected chi connectivity index (χ3v) is 6.31. The molecule has 0 fully saturated rings. The van der Waals surface area contributed by atoms with Crippen LogP contribution in [-0.4, -0.2) is 12.2 Å². The molecule has 4 rings (SSSR count). The molecule has 2 aliphatic rings. The minimum absolute atomic E-state index is 0.0441. The normalized spacial score (nSPS) is 25.5. The largest absolute Gasteiger partial charge is 0.489 e. The van der Waals surface area contributed by atoms with E-state index in [1.807, 2.05) is 0 Å². The van der Waals surface area contributed by atoms with Gasteiger partial charge in [0.05, 0.1) is 0 Å². The summed E-state index contributed by atoms with van der Waals surface area (Å²) in [5, 5.41) is 0. The molecule has 0 amide bonds. The van der Waals surface area contributed by atoms with E-state index in [0.29, 0.717) is 6.61 Å². The average Bonchev–Trinajstić information content (AvgIpc) is 2.52. The van der Waals surface area contributed by atoms with Gasteiger partial charge in [0.2, 0.25) is 0 Å². The summed E-state index contributed by atoms with van der Waals surface area (Å²) in [4.78, 5) is 0. The number of aryl methyl sites for hydroxylation is 2. The van der Waals surface area contributed by atoms with Gasteiger partial charge in [0.25, 0.3) is 0 Å². The first kappa shape index (κ1) is 16.5. The molecule has 25 heavy (non-hydrogen) atoms. The second-order valence-electron chi connectivity index (χ2n) is 9.07. The van der Waals surface area contributed by atoms with Crippen molar-refractivity contribution in [1.82, 2.24) is 0 Å². The monoisotopic (exact) mass is 336 g/mol. The van der Waals surface area contributed by atoms with Gasteiger partial charge >= 0.3 is 0 Å². The lowest BCUT2D eigenvalue weighted by Gasteiger charge is -2.55. The highest BCUT2D eigenvalue weighted by molar-refractivity contribution is 5.50. The predicted molar refractivity (Wildman–Crippen MR) is 102 cm³/mol. The van der Waals surface area contributed by atoms with E-state index in [2.05, 4.69) is 77.9 Å². The minimum atomic E-state index is -0.360. The van der Waals surface area contributed by atoms with Crippen molar-refractivity contribution in [1.29, 1.82) is 0 Å². The molecule has 1 atom stereocenters. The number of hydrogen-bond acceptors (Lipinski definition) is 2. The lowest BCUT2D eigenvalue weighted by atomic mass is 9.60. The van der Waals surface area contributed by atoms with Gasteiger partial charge in [-0.25, -0.2) is 0 Å². The van der Waals surface area contributed by atoms with Gasteiger partial charge < -0.3 is 9.47 Å². The van der Waals surface area contributed by atoms with Crippen molar-refractivity contribution < 1.29 is 9.47 Å². The van der Waals surface area contributed by atoms with Gasteiger partial charge in [-0.3, -0.25) is 0 Å². The van der Waals surface area contributed by atoms with Crippen LogP contribution in [0, 0.1) is 13.8 Å². The van der Waals surface area contributed by atoms with Crippen LogP contribution in [0.25, 0.3) is 0 Å². The second-order valence-corrected chi connectivity index (χ2v) is 9.07. The molecule has 0 saturated heterocycles. The summed E-state index contributed by atoms with van der Waals surface area (Å²) < 4.78 is 13.0. The first-order chi connectivity index (χ1) is 11.6. The molecule has 2 aromatic carbocycles. The summed E-state index contributed by atoms with van der Waals surface area (Å²) in [5.41, 5.74) is 4.62. The van der Waals surface area contributed by atoms with E-state index >= 15 is 0 Å². The maximum atomic E-state index is 6.73. The molecule has 0 radical (unpaired) electrons. The second kappa shape index (κ2) is 5.03. The van der Waals surface area contributed by atoms with Gasteiger partial charge in [-0.15, -0.1) is 0 Å². The number of ether oxygens (including phenoxy) is 2. The van der Waals surface area contributed by atoms with E-state index in [1.165, 1.54) is 22.3 Å². The zero-order chi connectivity index (χ0) is 18.0. The summed E-state index contributed by atoms with van der Waals surface area (Å²) >= 11 is 0. The molecular formula is C23H28O2. The first-order valence-corrected chi connectivity index (χ1v) is 9.19. The quantitative estimate of drug-likeness (QED) is 0.635. The molecule has 0 aliphatic carbocycles. The fourth-order valence-electron chi connectivity index (χ4n) is 4.63. The summed E-state index contributed by atoms with van der Waals surface area (Å²) in [5.74, 6) is 2.01. The first-order valence-electron chi connectivity index (χ1n) is 9.19. The molecule has 132 valence electrons. The highest BCUT2D eigenvalue weighted by atomic mass is 16.6. The van der Waals surface area contributed by atoms with Crippen molar-refractivity contribution in [2.24, 2.45) is 0 Å². The zero-order valence-electron chi connectivity index (χ0n) is 16.2. The Morgan fingerprint density at radius 2 is 1.48 bits per heavy atom. The molecule has 2 aliphatic heterocycles. The Balaban J connectivity index is 1.86. The van der Waals surface area contributed by atoms with Crippen LogP contribution in [0.3, 0.4) is 0 Å². The van der Waals surface area contributed by atoms with Crippen LogP contribution in [0.15, 0.2) is 36.4 Å². The Hall–Kier alpha value is -1.96. The van der Waals surface area contributed by atoms with Gasteiger partial charge in [-0.05, 0) is 37.0 Å². The zero-order valence-corrected chi connectivity index (χ0v) is 16.2. The third kappa shape index (κ3) is 2.30. The standard InChI is InChI=1S/C23H28O2/c1-15-8-10-19-18(11-15)21(3,4)13-23(25-19)14-24-20-12-16(2)7-9-17(20)22(23,5)6/h7-12H,13-14H2,1-6H3. The Kier molecular flexibility index (Phi) is 3.32. The van der Waals surface area contributed by atoms with Crippen LogP contribution in [0.4, 0.5) is 0 Å². The highest BCUT2D eigenvalue weighted by Crippen LogP contribution is 2.55. The number of rotatable bonds is 0. The van der Waals surface area contributed by atoms with Gasteiger partial charge in [0.1, 0.15) is 18.1 Å². The van der Waals surface area contributed by atoms with Crippen molar-refractivity contribution in [2.75, 3.05) is 6.61 Å². The predicted octanol–water partition coefficient (Wildman–Crippen LogP) is 5.47. The SMILES string of the molecule is Cc1ccc2c(c1)OCC1(CC(C)(C)c3cc(C)ccc3O1)C2(C)C.